The van der Waals surface area contributed by atoms with Gasteiger partial charge in [0.15, 0.2) is 0 Å². The number of rotatable bonds is 12. The van der Waals surface area contributed by atoms with Crippen LogP contribution in [-0.4, -0.2) is 39.3 Å². The molecule has 0 aromatic carbocycles. The van der Waals surface area contributed by atoms with Gasteiger partial charge in [0.1, 0.15) is 0 Å². The number of hydrogen-bond donors (Lipinski definition) is 2. The van der Waals surface area contributed by atoms with E-state index < -0.39 is 0 Å². The molecular formula is C14H30N2O2. The fourth-order valence-corrected chi connectivity index (χ4v) is 1.71. The average Bonchev–Trinajstić information content (AvgIpc) is 2.32. The first kappa shape index (κ1) is 17.4. The summed E-state index contributed by atoms with van der Waals surface area (Å²) in [4.78, 5) is 11.3. The Morgan fingerprint density at radius 3 is 2.50 bits per heavy atom. The fourth-order valence-electron chi connectivity index (χ4n) is 1.71. The van der Waals surface area contributed by atoms with Crippen LogP contribution in [0.1, 0.15) is 46.0 Å². The summed E-state index contributed by atoms with van der Waals surface area (Å²) in [5, 5.41) is 5.94. The van der Waals surface area contributed by atoms with Crippen LogP contribution in [0.5, 0.6) is 0 Å². The summed E-state index contributed by atoms with van der Waals surface area (Å²) >= 11 is 0. The maximum absolute atomic E-state index is 11.3. The largest absolute Gasteiger partial charge is 0.383 e. The number of unbranched alkanes of at least 4 members (excludes halogenated alkanes) is 3. The van der Waals surface area contributed by atoms with Crippen molar-refractivity contribution in [3.05, 3.63) is 0 Å². The molecule has 18 heavy (non-hydrogen) atoms. The van der Waals surface area contributed by atoms with Gasteiger partial charge >= 0.3 is 0 Å². The number of methoxy groups -OCH3 is 1. The minimum Gasteiger partial charge on any atom is -0.383 e. The third-order valence-corrected chi connectivity index (χ3v) is 2.80. The van der Waals surface area contributed by atoms with E-state index in [4.69, 9.17) is 4.74 Å². The minimum atomic E-state index is 0.0480. The normalized spacial score (nSPS) is 10.9. The first-order chi connectivity index (χ1) is 8.66. The maximum Gasteiger partial charge on any atom is 0.234 e. The van der Waals surface area contributed by atoms with Gasteiger partial charge in [-0.05, 0) is 18.9 Å². The van der Waals surface area contributed by atoms with Crippen LogP contribution >= 0.6 is 0 Å². The molecule has 4 nitrogen and oxygen atoms in total. The zero-order chi connectivity index (χ0) is 13.6. The predicted octanol–water partition coefficient (Wildman–Crippen LogP) is 1.95. The molecule has 0 aliphatic rings. The van der Waals surface area contributed by atoms with Gasteiger partial charge in [-0.1, -0.05) is 39.5 Å². The van der Waals surface area contributed by atoms with Crippen molar-refractivity contribution in [1.82, 2.24) is 10.6 Å². The van der Waals surface area contributed by atoms with Gasteiger partial charge in [-0.2, -0.15) is 0 Å². The van der Waals surface area contributed by atoms with E-state index in [-0.39, 0.29) is 5.91 Å². The van der Waals surface area contributed by atoms with Crippen LogP contribution in [0.2, 0.25) is 0 Å². The van der Waals surface area contributed by atoms with Gasteiger partial charge in [-0.25, -0.2) is 0 Å². The van der Waals surface area contributed by atoms with Crippen molar-refractivity contribution in [2.24, 2.45) is 5.92 Å². The van der Waals surface area contributed by atoms with E-state index >= 15 is 0 Å². The summed E-state index contributed by atoms with van der Waals surface area (Å²) in [6.07, 6.45) is 6.37. The van der Waals surface area contributed by atoms with Gasteiger partial charge in [0.05, 0.1) is 13.2 Å². The van der Waals surface area contributed by atoms with Crippen LogP contribution in [0, 0.1) is 5.92 Å². The predicted molar refractivity (Wildman–Crippen MR) is 75.7 cm³/mol. The first-order valence-electron chi connectivity index (χ1n) is 7.13. The van der Waals surface area contributed by atoms with Crippen molar-refractivity contribution in [3.63, 3.8) is 0 Å². The second-order valence-corrected chi connectivity index (χ2v) is 5.12. The van der Waals surface area contributed by atoms with Crippen molar-refractivity contribution in [2.45, 2.75) is 46.0 Å². The molecule has 2 N–H and O–H groups in total. The molecule has 4 heteroatoms. The Bertz CT molecular complexity index is 196. The van der Waals surface area contributed by atoms with Crippen molar-refractivity contribution in [1.29, 1.82) is 0 Å². The summed E-state index contributed by atoms with van der Waals surface area (Å²) in [7, 11) is 1.63. The SMILES string of the molecule is COCCNC(=O)CNCCCCCCC(C)C. The molecular weight excluding hydrogens is 228 g/mol. The molecule has 108 valence electrons. The Labute approximate surface area is 112 Å². The Balaban J connectivity index is 3.12. The molecule has 0 rings (SSSR count). The molecule has 0 spiro atoms. The van der Waals surface area contributed by atoms with Gasteiger partial charge in [-0.3, -0.25) is 4.79 Å². The average molecular weight is 258 g/mol. The molecule has 0 aromatic rings. The van der Waals surface area contributed by atoms with Crippen LogP contribution in [0.3, 0.4) is 0 Å². The Hall–Kier alpha value is -0.610. The lowest BCUT2D eigenvalue weighted by atomic mass is 10.0. The monoisotopic (exact) mass is 258 g/mol. The number of carbonyl (C=O) groups is 1. The molecule has 0 aromatic heterocycles. The quantitative estimate of drug-likeness (QED) is 0.526. The summed E-state index contributed by atoms with van der Waals surface area (Å²) < 4.78 is 4.85. The molecule has 0 bridgehead atoms. The highest BCUT2D eigenvalue weighted by atomic mass is 16.5. The molecule has 1 amide bonds. The van der Waals surface area contributed by atoms with Crippen molar-refractivity contribution in [2.75, 3.05) is 33.4 Å². The van der Waals surface area contributed by atoms with E-state index in [1.807, 2.05) is 0 Å². The molecule has 0 aliphatic heterocycles. The minimum absolute atomic E-state index is 0.0480. The van der Waals surface area contributed by atoms with E-state index in [9.17, 15) is 4.79 Å². The van der Waals surface area contributed by atoms with E-state index in [1.54, 1.807) is 7.11 Å². The second kappa shape index (κ2) is 12.8. The smallest absolute Gasteiger partial charge is 0.234 e. The van der Waals surface area contributed by atoms with E-state index in [2.05, 4.69) is 24.5 Å². The standard InChI is InChI=1S/C14H30N2O2/c1-13(2)8-6-4-5-7-9-15-12-14(17)16-10-11-18-3/h13,15H,4-12H2,1-3H3,(H,16,17). The molecule has 0 atom stereocenters. The number of carbonyl (C=O) groups excluding carboxylic acids is 1. The van der Waals surface area contributed by atoms with Crippen LogP contribution in [0.15, 0.2) is 0 Å². The molecule has 0 fully saturated rings. The number of hydrogen-bond acceptors (Lipinski definition) is 3. The highest BCUT2D eigenvalue weighted by Crippen LogP contribution is 2.08. The molecule has 0 saturated heterocycles. The highest BCUT2D eigenvalue weighted by Gasteiger charge is 1.99. The molecule has 0 saturated carbocycles. The van der Waals surface area contributed by atoms with Gasteiger partial charge in [0.25, 0.3) is 0 Å². The summed E-state index contributed by atoms with van der Waals surface area (Å²) in [6, 6.07) is 0. The van der Waals surface area contributed by atoms with E-state index in [0.29, 0.717) is 19.7 Å². The Morgan fingerprint density at radius 2 is 1.83 bits per heavy atom. The fraction of sp³-hybridized carbons (Fsp3) is 0.929. The molecule has 0 aliphatic carbocycles. The van der Waals surface area contributed by atoms with E-state index in [1.165, 1.54) is 25.7 Å². The molecule has 0 unspecified atom stereocenters. The van der Waals surface area contributed by atoms with Gasteiger partial charge < -0.3 is 15.4 Å². The van der Waals surface area contributed by atoms with Crippen molar-refractivity contribution in [3.8, 4) is 0 Å². The summed E-state index contributed by atoms with van der Waals surface area (Å²) in [5.41, 5.74) is 0. The first-order valence-corrected chi connectivity index (χ1v) is 7.13. The summed E-state index contributed by atoms with van der Waals surface area (Å²) in [6.45, 7) is 7.04. The molecule has 0 heterocycles. The lowest BCUT2D eigenvalue weighted by Crippen LogP contribution is -2.35. The van der Waals surface area contributed by atoms with Crippen LogP contribution in [0.25, 0.3) is 0 Å². The number of nitrogens with one attached hydrogen (secondary N) is 2. The zero-order valence-corrected chi connectivity index (χ0v) is 12.3. The van der Waals surface area contributed by atoms with Crippen LogP contribution < -0.4 is 10.6 Å². The Kier molecular flexibility index (Phi) is 12.4. The van der Waals surface area contributed by atoms with Crippen molar-refractivity contribution < 1.29 is 9.53 Å². The lowest BCUT2D eigenvalue weighted by Gasteiger charge is -2.07. The second-order valence-electron chi connectivity index (χ2n) is 5.12. The van der Waals surface area contributed by atoms with Crippen molar-refractivity contribution >= 4 is 5.91 Å². The maximum atomic E-state index is 11.3. The van der Waals surface area contributed by atoms with Gasteiger partial charge in [-0.15, -0.1) is 0 Å². The number of ether oxygens (including phenoxy) is 1. The van der Waals surface area contributed by atoms with Crippen LogP contribution in [0.4, 0.5) is 0 Å². The summed E-state index contributed by atoms with van der Waals surface area (Å²) in [5.74, 6) is 0.866. The Morgan fingerprint density at radius 1 is 1.11 bits per heavy atom. The third kappa shape index (κ3) is 13.5. The number of amides is 1. The van der Waals surface area contributed by atoms with Gasteiger partial charge in [0, 0.05) is 13.7 Å². The van der Waals surface area contributed by atoms with E-state index in [0.717, 1.165) is 18.9 Å². The van der Waals surface area contributed by atoms with Gasteiger partial charge in [0.2, 0.25) is 5.91 Å². The zero-order valence-electron chi connectivity index (χ0n) is 12.3. The highest BCUT2D eigenvalue weighted by molar-refractivity contribution is 5.77. The molecule has 0 radical (unpaired) electrons. The van der Waals surface area contributed by atoms with Crippen LogP contribution in [-0.2, 0) is 9.53 Å². The topological polar surface area (TPSA) is 50.4 Å². The third-order valence-electron chi connectivity index (χ3n) is 2.80. The lowest BCUT2D eigenvalue weighted by molar-refractivity contribution is -0.120.